The lowest BCUT2D eigenvalue weighted by Gasteiger charge is -2.33. The third-order valence-electron chi connectivity index (χ3n) is 2.23. The van der Waals surface area contributed by atoms with Gasteiger partial charge < -0.3 is 0 Å². The summed E-state index contributed by atoms with van der Waals surface area (Å²) in [6, 6.07) is 2.59. The molecule has 0 N–H and O–H groups in total. The van der Waals surface area contributed by atoms with Crippen LogP contribution in [-0.2, 0) is 0 Å². The van der Waals surface area contributed by atoms with Gasteiger partial charge in [0.1, 0.15) is 0 Å². The molecule has 0 amide bonds. The summed E-state index contributed by atoms with van der Waals surface area (Å²) in [5.74, 6) is 0. The lowest BCUT2D eigenvalue weighted by atomic mass is 9.87. The predicted octanol–water partition coefficient (Wildman–Crippen LogP) is 1.88. The number of hydrogen-bond acceptors (Lipinski definition) is 2. The van der Waals surface area contributed by atoms with Crippen LogP contribution in [0, 0.1) is 16.7 Å². The van der Waals surface area contributed by atoms with Crippen molar-refractivity contribution in [1.82, 2.24) is 4.90 Å². The Labute approximate surface area is 69.8 Å². The van der Waals surface area contributed by atoms with Crippen molar-refractivity contribution in [2.45, 2.75) is 33.7 Å². The lowest BCUT2D eigenvalue weighted by molar-refractivity contribution is 0.156. The minimum Gasteiger partial charge on any atom is -0.290 e. The molecule has 64 valence electrons. The van der Waals surface area contributed by atoms with Gasteiger partial charge in [0.25, 0.3) is 0 Å². The molecule has 0 aliphatic carbocycles. The van der Waals surface area contributed by atoms with Crippen molar-refractivity contribution in [2.75, 3.05) is 13.6 Å². The van der Waals surface area contributed by atoms with Gasteiger partial charge in [-0.25, -0.2) is 0 Å². The first kappa shape index (κ1) is 10.4. The van der Waals surface area contributed by atoms with E-state index in [1.165, 1.54) is 0 Å². The van der Waals surface area contributed by atoms with E-state index in [1.54, 1.807) is 0 Å². The Hall–Kier alpha value is -0.550. The van der Waals surface area contributed by atoms with Gasteiger partial charge in [-0.3, -0.25) is 4.90 Å². The van der Waals surface area contributed by atoms with Gasteiger partial charge in [0.15, 0.2) is 0 Å². The minimum atomic E-state index is 0.256. The highest BCUT2D eigenvalue weighted by Gasteiger charge is 2.23. The Morgan fingerprint density at radius 3 is 2.18 bits per heavy atom. The number of hydrogen-bond donors (Lipinski definition) is 0. The Morgan fingerprint density at radius 2 is 1.91 bits per heavy atom. The van der Waals surface area contributed by atoms with Gasteiger partial charge in [-0.05, 0) is 19.4 Å². The standard InChI is InChI=1S/C9H18N2/c1-8(9(2,3)4)11(5)7-6-10/h8H,7H2,1-5H3. The summed E-state index contributed by atoms with van der Waals surface area (Å²) in [5.41, 5.74) is 0.256. The molecular formula is C9H18N2. The first-order valence-electron chi connectivity index (χ1n) is 3.96. The Kier molecular flexibility index (Phi) is 3.54. The zero-order valence-electron chi connectivity index (χ0n) is 8.18. The SMILES string of the molecule is CC(N(C)CC#N)C(C)(C)C. The fourth-order valence-corrected chi connectivity index (χ4v) is 0.910. The fraction of sp³-hybridized carbons (Fsp3) is 0.889. The van der Waals surface area contributed by atoms with E-state index in [1.807, 2.05) is 7.05 Å². The molecular weight excluding hydrogens is 136 g/mol. The summed E-state index contributed by atoms with van der Waals surface area (Å²) < 4.78 is 0. The molecule has 0 aromatic rings. The van der Waals surface area contributed by atoms with Gasteiger partial charge in [-0.15, -0.1) is 0 Å². The smallest absolute Gasteiger partial charge is 0.0865 e. The maximum absolute atomic E-state index is 8.46. The normalized spacial score (nSPS) is 14.6. The van der Waals surface area contributed by atoms with E-state index in [-0.39, 0.29) is 5.41 Å². The molecule has 0 heterocycles. The summed E-state index contributed by atoms with van der Waals surface area (Å²) in [6.07, 6.45) is 0. The lowest BCUT2D eigenvalue weighted by Crippen LogP contribution is -2.39. The molecule has 0 saturated heterocycles. The first-order valence-corrected chi connectivity index (χ1v) is 3.96. The topological polar surface area (TPSA) is 27.0 Å². The largest absolute Gasteiger partial charge is 0.290 e. The second kappa shape index (κ2) is 3.73. The summed E-state index contributed by atoms with van der Waals surface area (Å²) in [5, 5.41) is 8.46. The average molecular weight is 154 g/mol. The second-order valence-corrected chi connectivity index (χ2v) is 4.12. The van der Waals surface area contributed by atoms with Crippen molar-refractivity contribution in [3.63, 3.8) is 0 Å². The molecule has 0 spiro atoms. The summed E-state index contributed by atoms with van der Waals surface area (Å²) in [4.78, 5) is 2.07. The fourth-order valence-electron chi connectivity index (χ4n) is 0.910. The molecule has 0 aliphatic rings. The van der Waals surface area contributed by atoms with Crippen molar-refractivity contribution in [3.05, 3.63) is 0 Å². The van der Waals surface area contributed by atoms with E-state index in [0.717, 1.165) is 0 Å². The molecule has 0 fully saturated rings. The van der Waals surface area contributed by atoms with Crippen LogP contribution in [0.3, 0.4) is 0 Å². The predicted molar refractivity (Wildman–Crippen MR) is 47.2 cm³/mol. The van der Waals surface area contributed by atoms with Crippen LogP contribution in [-0.4, -0.2) is 24.5 Å². The molecule has 11 heavy (non-hydrogen) atoms. The highest BCUT2D eigenvalue weighted by Crippen LogP contribution is 2.22. The monoisotopic (exact) mass is 154 g/mol. The summed E-state index contributed by atoms with van der Waals surface area (Å²) in [6.45, 7) is 9.22. The molecule has 0 bridgehead atoms. The van der Waals surface area contributed by atoms with Crippen LogP contribution in [0.15, 0.2) is 0 Å². The molecule has 0 radical (unpaired) electrons. The molecule has 0 aromatic carbocycles. The van der Waals surface area contributed by atoms with Gasteiger partial charge in [0.2, 0.25) is 0 Å². The molecule has 2 heteroatoms. The van der Waals surface area contributed by atoms with E-state index in [9.17, 15) is 0 Å². The number of rotatable bonds is 2. The molecule has 1 atom stereocenters. The van der Waals surface area contributed by atoms with E-state index >= 15 is 0 Å². The van der Waals surface area contributed by atoms with Crippen molar-refractivity contribution < 1.29 is 0 Å². The van der Waals surface area contributed by atoms with Crippen LogP contribution in [0.2, 0.25) is 0 Å². The van der Waals surface area contributed by atoms with E-state index < -0.39 is 0 Å². The third kappa shape index (κ3) is 3.38. The van der Waals surface area contributed by atoms with Gasteiger partial charge in [-0.2, -0.15) is 5.26 Å². The van der Waals surface area contributed by atoms with E-state index in [2.05, 4.69) is 38.7 Å². The second-order valence-electron chi connectivity index (χ2n) is 4.12. The maximum atomic E-state index is 8.46. The maximum Gasteiger partial charge on any atom is 0.0865 e. The van der Waals surface area contributed by atoms with Crippen LogP contribution in [0.4, 0.5) is 0 Å². The molecule has 0 saturated carbocycles. The third-order valence-corrected chi connectivity index (χ3v) is 2.23. The summed E-state index contributed by atoms with van der Waals surface area (Å²) in [7, 11) is 1.99. The molecule has 1 unspecified atom stereocenters. The Bertz CT molecular complexity index is 150. The van der Waals surface area contributed by atoms with Crippen molar-refractivity contribution in [2.24, 2.45) is 5.41 Å². The van der Waals surface area contributed by atoms with Gasteiger partial charge >= 0.3 is 0 Å². The Balaban J connectivity index is 4.04. The number of nitrogens with zero attached hydrogens (tertiary/aromatic N) is 2. The van der Waals surface area contributed by atoms with Crippen LogP contribution in [0.25, 0.3) is 0 Å². The molecule has 0 aromatic heterocycles. The van der Waals surface area contributed by atoms with Crippen LogP contribution < -0.4 is 0 Å². The van der Waals surface area contributed by atoms with Crippen molar-refractivity contribution in [1.29, 1.82) is 5.26 Å². The zero-order valence-corrected chi connectivity index (χ0v) is 8.18. The van der Waals surface area contributed by atoms with Crippen molar-refractivity contribution >= 4 is 0 Å². The summed E-state index contributed by atoms with van der Waals surface area (Å²) >= 11 is 0. The van der Waals surface area contributed by atoms with Crippen LogP contribution >= 0.6 is 0 Å². The molecule has 0 rings (SSSR count). The van der Waals surface area contributed by atoms with E-state index in [4.69, 9.17) is 5.26 Å². The minimum absolute atomic E-state index is 0.256. The highest BCUT2D eigenvalue weighted by atomic mass is 15.1. The molecule has 0 aliphatic heterocycles. The van der Waals surface area contributed by atoms with Gasteiger partial charge in [0.05, 0.1) is 12.6 Å². The Morgan fingerprint density at radius 1 is 1.45 bits per heavy atom. The van der Waals surface area contributed by atoms with Gasteiger partial charge in [0, 0.05) is 6.04 Å². The van der Waals surface area contributed by atoms with E-state index in [0.29, 0.717) is 12.6 Å². The first-order chi connectivity index (χ1) is 4.89. The van der Waals surface area contributed by atoms with Gasteiger partial charge in [-0.1, -0.05) is 20.8 Å². The number of nitriles is 1. The van der Waals surface area contributed by atoms with Crippen LogP contribution in [0.1, 0.15) is 27.7 Å². The average Bonchev–Trinajstić information content (AvgIpc) is 1.85. The highest BCUT2D eigenvalue weighted by molar-refractivity contribution is 4.83. The molecule has 2 nitrogen and oxygen atoms in total. The van der Waals surface area contributed by atoms with Crippen LogP contribution in [0.5, 0.6) is 0 Å². The zero-order chi connectivity index (χ0) is 9.07. The quantitative estimate of drug-likeness (QED) is 0.568. The van der Waals surface area contributed by atoms with Crippen molar-refractivity contribution in [3.8, 4) is 6.07 Å².